The van der Waals surface area contributed by atoms with Crippen molar-refractivity contribution >= 4 is 23.1 Å². The van der Waals surface area contributed by atoms with Crippen LogP contribution in [0.25, 0.3) is 0 Å². The van der Waals surface area contributed by atoms with Gasteiger partial charge in [0.1, 0.15) is 5.75 Å². The van der Waals surface area contributed by atoms with Crippen molar-refractivity contribution in [2.75, 3.05) is 23.9 Å². The summed E-state index contributed by atoms with van der Waals surface area (Å²) in [5, 5.41) is 13.6. The van der Waals surface area contributed by atoms with E-state index in [9.17, 15) is 14.9 Å². The number of carbonyl (C=O) groups is 1. The van der Waals surface area contributed by atoms with Gasteiger partial charge < -0.3 is 10.1 Å². The molecule has 1 N–H and O–H groups in total. The molecule has 0 spiro atoms. The second-order valence-electron chi connectivity index (χ2n) is 5.16. The quantitative estimate of drug-likeness (QED) is 0.664. The summed E-state index contributed by atoms with van der Waals surface area (Å²) in [5.41, 5.74) is 2.10. The summed E-state index contributed by atoms with van der Waals surface area (Å²) in [5.74, 6) is 0.234. The van der Waals surface area contributed by atoms with E-state index in [1.165, 1.54) is 25.3 Å². The lowest BCUT2D eigenvalue weighted by Crippen LogP contribution is -2.34. The van der Waals surface area contributed by atoms with Crippen LogP contribution in [0.3, 0.4) is 0 Å². The molecule has 0 saturated carbocycles. The van der Waals surface area contributed by atoms with E-state index in [4.69, 9.17) is 4.74 Å². The number of hydrogen-bond donors (Lipinski definition) is 1. The predicted octanol–water partition coefficient (Wildman–Crippen LogP) is 3.97. The van der Waals surface area contributed by atoms with E-state index in [0.717, 1.165) is 11.3 Å². The number of ether oxygens (including phenoxy) is 1. The Hall–Kier alpha value is -3.09. The first-order chi connectivity index (χ1) is 11.5. The Kier molecular flexibility index (Phi) is 5.36. The largest absolute Gasteiger partial charge is 0.494 e. The molecule has 24 heavy (non-hydrogen) atoms. The topological polar surface area (TPSA) is 84.7 Å². The number of amides is 2. The van der Waals surface area contributed by atoms with Crippen LogP contribution in [0.1, 0.15) is 12.5 Å². The number of carbonyl (C=O) groups excluding carboxylic acids is 1. The predicted molar refractivity (Wildman–Crippen MR) is 92.9 cm³/mol. The van der Waals surface area contributed by atoms with E-state index in [0.29, 0.717) is 12.2 Å². The lowest BCUT2D eigenvalue weighted by molar-refractivity contribution is -0.384. The zero-order valence-electron chi connectivity index (χ0n) is 13.8. The SMILES string of the molecule is CCN(C(=O)Nc1ccc([N+](=O)[O-])cc1OC)c1cccc(C)c1. The van der Waals surface area contributed by atoms with Crippen LogP contribution >= 0.6 is 0 Å². The number of non-ortho nitro benzene ring substituents is 1. The molecule has 2 amide bonds. The number of urea groups is 1. The lowest BCUT2D eigenvalue weighted by atomic mass is 10.2. The first-order valence-electron chi connectivity index (χ1n) is 7.44. The Bertz CT molecular complexity index is 761. The molecule has 7 nitrogen and oxygen atoms in total. The zero-order chi connectivity index (χ0) is 17.7. The van der Waals surface area contributed by atoms with Gasteiger partial charge in [0, 0.05) is 18.3 Å². The molecular weight excluding hydrogens is 310 g/mol. The molecule has 0 heterocycles. The number of benzene rings is 2. The molecule has 0 unspecified atom stereocenters. The molecule has 0 radical (unpaired) electrons. The molecule has 0 aliphatic carbocycles. The number of methoxy groups -OCH3 is 1. The van der Waals surface area contributed by atoms with Gasteiger partial charge in [-0.15, -0.1) is 0 Å². The lowest BCUT2D eigenvalue weighted by Gasteiger charge is -2.22. The smallest absolute Gasteiger partial charge is 0.326 e. The van der Waals surface area contributed by atoms with Crippen molar-refractivity contribution in [3.05, 3.63) is 58.1 Å². The van der Waals surface area contributed by atoms with Gasteiger partial charge in [-0.2, -0.15) is 0 Å². The van der Waals surface area contributed by atoms with Crippen LogP contribution in [-0.2, 0) is 0 Å². The van der Waals surface area contributed by atoms with Crippen LogP contribution in [-0.4, -0.2) is 24.6 Å². The number of nitro benzene ring substituents is 1. The summed E-state index contributed by atoms with van der Waals surface area (Å²) in [6.07, 6.45) is 0. The van der Waals surface area contributed by atoms with Gasteiger partial charge >= 0.3 is 6.03 Å². The van der Waals surface area contributed by atoms with Gasteiger partial charge in [-0.1, -0.05) is 12.1 Å². The molecule has 126 valence electrons. The number of aryl methyl sites for hydroxylation is 1. The summed E-state index contributed by atoms with van der Waals surface area (Å²) in [4.78, 5) is 24.5. The molecule has 7 heteroatoms. The number of nitro groups is 1. The Morgan fingerprint density at radius 3 is 2.62 bits per heavy atom. The van der Waals surface area contributed by atoms with Gasteiger partial charge in [0.05, 0.1) is 23.8 Å². The van der Waals surface area contributed by atoms with Gasteiger partial charge in [-0.3, -0.25) is 15.0 Å². The maximum Gasteiger partial charge on any atom is 0.326 e. The van der Waals surface area contributed by atoms with Gasteiger partial charge in [-0.05, 0) is 37.6 Å². The van der Waals surface area contributed by atoms with Crippen molar-refractivity contribution in [2.45, 2.75) is 13.8 Å². The molecule has 0 fully saturated rings. The average Bonchev–Trinajstić information content (AvgIpc) is 2.55. The summed E-state index contributed by atoms with van der Waals surface area (Å²) >= 11 is 0. The highest BCUT2D eigenvalue weighted by Crippen LogP contribution is 2.29. The highest BCUT2D eigenvalue weighted by Gasteiger charge is 2.18. The fourth-order valence-corrected chi connectivity index (χ4v) is 2.32. The van der Waals surface area contributed by atoms with Gasteiger partial charge in [-0.25, -0.2) is 4.79 Å². The summed E-state index contributed by atoms with van der Waals surface area (Å²) in [6, 6.07) is 11.3. The molecular formula is C17H19N3O4. The van der Waals surface area contributed by atoms with E-state index in [2.05, 4.69) is 5.32 Å². The summed E-state index contributed by atoms with van der Waals surface area (Å²) in [6.45, 7) is 4.30. The van der Waals surface area contributed by atoms with E-state index in [-0.39, 0.29) is 17.5 Å². The molecule has 2 aromatic carbocycles. The third-order valence-corrected chi connectivity index (χ3v) is 3.51. The standard InChI is InChI=1S/C17H19N3O4/c1-4-19(13-7-5-6-12(2)10-13)17(21)18-15-9-8-14(20(22)23)11-16(15)24-3/h5-11H,4H2,1-3H3,(H,18,21). The van der Waals surface area contributed by atoms with E-state index in [1.807, 2.05) is 38.1 Å². The van der Waals surface area contributed by atoms with Gasteiger partial charge in [0.25, 0.3) is 5.69 Å². The highest BCUT2D eigenvalue weighted by molar-refractivity contribution is 6.02. The van der Waals surface area contributed by atoms with Crippen LogP contribution in [0.5, 0.6) is 5.75 Å². The fourth-order valence-electron chi connectivity index (χ4n) is 2.32. The highest BCUT2D eigenvalue weighted by atomic mass is 16.6. The van der Waals surface area contributed by atoms with Crippen molar-refractivity contribution < 1.29 is 14.5 Å². The monoisotopic (exact) mass is 329 g/mol. The number of hydrogen-bond acceptors (Lipinski definition) is 4. The summed E-state index contributed by atoms with van der Waals surface area (Å²) < 4.78 is 5.14. The summed E-state index contributed by atoms with van der Waals surface area (Å²) in [7, 11) is 1.40. The van der Waals surface area contributed by atoms with Crippen LogP contribution in [0, 0.1) is 17.0 Å². The Morgan fingerprint density at radius 1 is 1.29 bits per heavy atom. The van der Waals surface area contributed by atoms with Gasteiger partial charge in [0.15, 0.2) is 0 Å². The third kappa shape index (κ3) is 3.81. The minimum Gasteiger partial charge on any atom is -0.494 e. The Balaban J connectivity index is 2.26. The number of nitrogens with zero attached hydrogens (tertiary/aromatic N) is 2. The normalized spacial score (nSPS) is 10.1. The second-order valence-corrected chi connectivity index (χ2v) is 5.16. The molecule has 2 rings (SSSR count). The van der Waals surface area contributed by atoms with E-state index in [1.54, 1.807) is 4.90 Å². The van der Waals surface area contributed by atoms with E-state index >= 15 is 0 Å². The Morgan fingerprint density at radius 2 is 2.04 bits per heavy atom. The molecule has 0 aliphatic heterocycles. The van der Waals surface area contributed by atoms with Crippen molar-refractivity contribution in [1.82, 2.24) is 0 Å². The Labute approximate surface area is 140 Å². The molecule has 0 bridgehead atoms. The first kappa shape index (κ1) is 17.3. The van der Waals surface area contributed by atoms with Gasteiger partial charge in [0.2, 0.25) is 0 Å². The third-order valence-electron chi connectivity index (χ3n) is 3.51. The molecule has 2 aromatic rings. The van der Waals surface area contributed by atoms with Crippen molar-refractivity contribution in [3.63, 3.8) is 0 Å². The van der Waals surface area contributed by atoms with Crippen molar-refractivity contribution in [3.8, 4) is 5.75 Å². The van der Waals surface area contributed by atoms with Crippen molar-refractivity contribution in [2.24, 2.45) is 0 Å². The molecule has 0 aromatic heterocycles. The van der Waals surface area contributed by atoms with Crippen LogP contribution in [0.2, 0.25) is 0 Å². The van der Waals surface area contributed by atoms with Crippen LogP contribution in [0.4, 0.5) is 21.9 Å². The maximum atomic E-state index is 12.6. The average molecular weight is 329 g/mol. The molecule has 0 atom stereocenters. The van der Waals surface area contributed by atoms with Crippen LogP contribution in [0.15, 0.2) is 42.5 Å². The number of rotatable bonds is 5. The molecule has 0 aliphatic rings. The zero-order valence-corrected chi connectivity index (χ0v) is 13.8. The van der Waals surface area contributed by atoms with Crippen LogP contribution < -0.4 is 15.0 Å². The maximum absolute atomic E-state index is 12.6. The minimum atomic E-state index is -0.515. The molecule has 0 saturated heterocycles. The fraction of sp³-hybridized carbons (Fsp3) is 0.235. The number of nitrogens with one attached hydrogen (secondary N) is 1. The van der Waals surface area contributed by atoms with E-state index < -0.39 is 4.92 Å². The first-order valence-corrected chi connectivity index (χ1v) is 7.44. The number of anilines is 2. The minimum absolute atomic E-state index is 0.101. The second kappa shape index (κ2) is 7.45. The van der Waals surface area contributed by atoms with Crippen molar-refractivity contribution in [1.29, 1.82) is 0 Å².